The van der Waals surface area contributed by atoms with Crippen molar-refractivity contribution in [3.05, 3.63) is 83.3 Å². The molecular formula is C20H16ClNO5. The van der Waals surface area contributed by atoms with Crippen LogP contribution in [0.3, 0.4) is 0 Å². The third-order valence-corrected chi connectivity index (χ3v) is 3.76. The van der Waals surface area contributed by atoms with Gasteiger partial charge in [-0.25, -0.2) is 4.79 Å². The van der Waals surface area contributed by atoms with Crippen molar-refractivity contribution in [3.63, 3.8) is 0 Å². The van der Waals surface area contributed by atoms with Crippen LogP contribution in [0.1, 0.15) is 20.9 Å². The highest BCUT2D eigenvalue weighted by Crippen LogP contribution is 2.19. The Morgan fingerprint density at radius 2 is 1.85 bits per heavy atom. The summed E-state index contributed by atoms with van der Waals surface area (Å²) in [6, 6.07) is 16.6. The molecule has 1 N–H and O–H groups in total. The van der Waals surface area contributed by atoms with E-state index in [1.165, 1.54) is 12.3 Å². The number of esters is 1. The molecule has 138 valence electrons. The number of hydrogen-bond acceptors (Lipinski definition) is 5. The number of rotatable bonds is 7. The molecule has 1 amide bonds. The zero-order valence-corrected chi connectivity index (χ0v) is 14.9. The fourth-order valence-electron chi connectivity index (χ4n) is 2.29. The maximum absolute atomic E-state index is 12.3. The fraction of sp³-hybridized carbons (Fsp3) is 0.100. The second-order valence-electron chi connectivity index (χ2n) is 5.42. The molecule has 27 heavy (non-hydrogen) atoms. The summed E-state index contributed by atoms with van der Waals surface area (Å²) in [6.45, 7) is 0.221. The maximum atomic E-state index is 12.3. The smallest absolute Gasteiger partial charge is 0.340 e. The Labute approximate surface area is 160 Å². The first-order valence-corrected chi connectivity index (χ1v) is 8.50. The number of amides is 1. The molecule has 0 aliphatic heterocycles. The highest BCUT2D eigenvalue weighted by molar-refractivity contribution is 6.30. The van der Waals surface area contributed by atoms with Crippen LogP contribution in [0.15, 0.2) is 71.3 Å². The number of benzene rings is 2. The van der Waals surface area contributed by atoms with Gasteiger partial charge >= 0.3 is 5.97 Å². The van der Waals surface area contributed by atoms with Crippen LogP contribution >= 0.6 is 11.6 Å². The summed E-state index contributed by atoms with van der Waals surface area (Å²) in [4.78, 5) is 24.4. The molecule has 0 aliphatic carbocycles. The maximum Gasteiger partial charge on any atom is 0.340 e. The van der Waals surface area contributed by atoms with E-state index in [1.807, 2.05) is 0 Å². The quantitative estimate of drug-likeness (QED) is 0.481. The van der Waals surface area contributed by atoms with Crippen molar-refractivity contribution in [1.29, 1.82) is 0 Å². The first-order valence-electron chi connectivity index (χ1n) is 8.13. The second-order valence-corrected chi connectivity index (χ2v) is 5.86. The number of furan rings is 1. The van der Waals surface area contributed by atoms with E-state index < -0.39 is 11.9 Å². The normalized spacial score (nSPS) is 10.3. The van der Waals surface area contributed by atoms with Gasteiger partial charge in [-0.3, -0.25) is 4.79 Å². The van der Waals surface area contributed by atoms with Gasteiger partial charge in [0.25, 0.3) is 5.91 Å². The zero-order valence-electron chi connectivity index (χ0n) is 14.2. The second kappa shape index (κ2) is 8.91. The van der Waals surface area contributed by atoms with Crippen LogP contribution in [-0.4, -0.2) is 25.1 Å². The monoisotopic (exact) mass is 385 g/mol. The predicted octanol–water partition coefficient (Wildman–Crippen LogP) is 4.42. The van der Waals surface area contributed by atoms with Gasteiger partial charge < -0.3 is 19.2 Å². The molecule has 3 aromatic rings. The number of anilines is 1. The van der Waals surface area contributed by atoms with E-state index in [9.17, 15) is 9.59 Å². The molecule has 0 spiro atoms. The minimum absolute atomic E-state index is 0.0474. The van der Waals surface area contributed by atoms with Crippen LogP contribution in [0.2, 0.25) is 5.02 Å². The van der Waals surface area contributed by atoms with Crippen LogP contribution in [0.25, 0.3) is 0 Å². The molecule has 0 fully saturated rings. The molecule has 2 aromatic carbocycles. The minimum atomic E-state index is -0.569. The lowest BCUT2D eigenvalue weighted by Gasteiger charge is -2.11. The number of halogens is 1. The van der Waals surface area contributed by atoms with Crippen molar-refractivity contribution in [2.24, 2.45) is 0 Å². The number of ether oxygens (including phenoxy) is 2. The van der Waals surface area contributed by atoms with Crippen LogP contribution in [-0.2, 0) is 4.74 Å². The van der Waals surface area contributed by atoms with Crippen molar-refractivity contribution in [2.75, 3.05) is 18.5 Å². The average molecular weight is 386 g/mol. The van der Waals surface area contributed by atoms with E-state index >= 15 is 0 Å². The molecule has 0 aliphatic rings. The number of para-hydroxylation sites is 1. The van der Waals surface area contributed by atoms with Gasteiger partial charge in [-0.15, -0.1) is 0 Å². The van der Waals surface area contributed by atoms with Gasteiger partial charge in [0.1, 0.15) is 19.0 Å². The Bertz CT molecular complexity index is 924. The van der Waals surface area contributed by atoms with Gasteiger partial charge in [-0.05, 0) is 42.5 Å². The van der Waals surface area contributed by atoms with Gasteiger partial charge in [0.05, 0.1) is 17.5 Å². The third kappa shape index (κ3) is 5.12. The Morgan fingerprint density at radius 1 is 1.00 bits per heavy atom. The van der Waals surface area contributed by atoms with Crippen LogP contribution < -0.4 is 10.1 Å². The van der Waals surface area contributed by atoms with Crippen molar-refractivity contribution in [1.82, 2.24) is 0 Å². The first kappa shape index (κ1) is 18.5. The van der Waals surface area contributed by atoms with Crippen LogP contribution in [0, 0.1) is 0 Å². The molecule has 0 atom stereocenters. The Balaban J connectivity index is 1.56. The number of hydrogen-bond donors (Lipinski definition) is 1. The standard InChI is InChI=1S/C20H16ClNO5/c21-14-5-3-6-15(13-14)25-11-12-27-20(24)16-7-1-2-8-17(16)22-19(23)18-9-4-10-26-18/h1-10,13H,11-12H2,(H,22,23). The van der Waals surface area contributed by atoms with E-state index in [2.05, 4.69) is 5.32 Å². The topological polar surface area (TPSA) is 77.8 Å². The van der Waals surface area contributed by atoms with E-state index in [1.54, 1.807) is 54.6 Å². The SMILES string of the molecule is O=C(Nc1ccccc1C(=O)OCCOc1cccc(Cl)c1)c1ccco1. The largest absolute Gasteiger partial charge is 0.490 e. The average Bonchev–Trinajstić information content (AvgIpc) is 3.20. The molecule has 1 heterocycles. The van der Waals surface area contributed by atoms with Crippen molar-refractivity contribution >= 4 is 29.2 Å². The lowest BCUT2D eigenvalue weighted by molar-refractivity contribution is 0.0451. The summed E-state index contributed by atoms with van der Waals surface area (Å²) < 4.78 is 15.7. The molecule has 0 saturated heterocycles. The first-order chi connectivity index (χ1) is 13.1. The lowest BCUT2D eigenvalue weighted by Crippen LogP contribution is -2.17. The van der Waals surface area contributed by atoms with E-state index in [0.717, 1.165) is 0 Å². The highest BCUT2D eigenvalue weighted by Gasteiger charge is 2.16. The van der Waals surface area contributed by atoms with E-state index in [-0.39, 0.29) is 24.5 Å². The predicted molar refractivity (Wildman–Crippen MR) is 100 cm³/mol. The molecular weight excluding hydrogens is 370 g/mol. The number of nitrogens with one attached hydrogen (secondary N) is 1. The van der Waals surface area contributed by atoms with Gasteiger partial charge in [-0.1, -0.05) is 29.8 Å². The highest BCUT2D eigenvalue weighted by atomic mass is 35.5. The van der Waals surface area contributed by atoms with Gasteiger partial charge in [0.2, 0.25) is 0 Å². The molecule has 0 bridgehead atoms. The lowest BCUT2D eigenvalue weighted by atomic mass is 10.1. The Morgan fingerprint density at radius 3 is 2.63 bits per heavy atom. The zero-order chi connectivity index (χ0) is 19.1. The summed E-state index contributed by atoms with van der Waals surface area (Å²) >= 11 is 5.88. The fourth-order valence-corrected chi connectivity index (χ4v) is 2.47. The summed E-state index contributed by atoms with van der Waals surface area (Å²) in [5.41, 5.74) is 0.569. The van der Waals surface area contributed by atoms with Crippen molar-refractivity contribution < 1.29 is 23.5 Å². The minimum Gasteiger partial charge on any atom is -0.490 e. The molecule has 0 radical (unpaired) electrons. The number of carbonyl (C=O) groups excluding carboxylic acids is 2. The summed E-state index contributed by atoms with van der Waals surface area (Å²) in [6.07, 6.45) is 1.40. The van der Waals surface area contributed by atoms with Gasteiger partial charge in [-0.2, -0.15) is 0 Å². The molecule has 6 nitrogen and oxygen atoms in total. The van der Waals surface area contributed by atoms with Gasteiger partial charge in [0, 0.05) is 5.02 Å². The third-order valence-electron chi connectivity index (χ3n) is 3.52. The number of carbonyl (C=O) groups is 2. The van der Waals surface area contributed by atoms with Gasteiger partial charge in [0.15, 0.2) is 5.76 Å². The Hall–Kier alpha value is -3.25. The van der Waals surface area contributed by atoms with Crippen molar-refractivity contribution in [3.8, 4) is 5.75 Å². The summed E-state index contributed by atoms with van der Waals surface area (Å²) in [5, 5.41) is 3.20. The molecule has 0 unspecified atom stereocenters. The molecule has 3 rings (SSSR count). The van der Waals surface area contributed by atoms with E-state index in [0.29, 0.717) is 16.5 Å². The summed E-state index contributed by atoms with van der Waals surface area (Å²) in [7, 11) is 0. The van der Waals surface area contributed by atoms with Crippen molar-refractivity contribution in [2.45, 2.75) is 0 Å². The summed E-state index contributed by atoms with van der Waals surface area (Å²) in [5.74, 6) is -0.290. The van der Waals surface area contributed by atoms with Crippen LogP contribution in [0.4, 0.5) is 5.69 Å². The molecule has 0 saturated carbocycles. The van der Waals surface area contributed by atoms with E-state index in [4.69, 9.17) is 25.5 Å². The molecule has 7 heteroatoms. The Kier molecular flexibility index (Phi) is 6.12. The molecule has 1 aromatic heterocycles. The van der Waals surface area contributed by atoms with Crippen LogP contribution in [0.5, 0.6) is 5.75 Å².